The Kier molecular flexibility index (Phi) is 5.58. The van der Waals surface area contributed by atoms with Gasteiger partial charge in [0.15, 0.2) is 0 Å². The maximum absolute atomic E-state index is 12.3. The van der Waals surface area contributed by atoms with E-state index >= 15 is 0 Å². The number of nitrogens with one attached hydrogen (secondary N) is 1. The number of carbonyl (C=O) groups excluding carboxylic acids is 1. The largest absolute Gasteiger partial charge is 0.478 e. The van der Waals surface area contributed by atoms with Gasteiger partial charge in [0, 0.05) is 17.0 Å². The normalized spacial score (nSPS) is 22.5. The van der Waals surface area contributed by atoms with Gasteiger partial charge in [-0.05, 0) is 39.2 Å². The quantitative estimate of drug-likeness (QED) is 0.872. The molecule has 0 aliphatic carbocycles. The van der Waals surface area contributed by atoms with Crippen LogP contribution >= 0.6 is 11.3 Å². The number of rotatable bonds is 5. The van der Waals surface area contributed by atoms with Gasteiger partial charge in [-0.1, -0.05) is 13.3 Å². The van der Waals surface area contributed by atoms with Crippen LogP contribution in [0.25, 0.3) is 0 Å². The maximum Gasteiger partial charge on any atom is 0.338 e. The zero-order valence-corrected chi connectivity index (χ0v) is 14.2. The standard InChI is InChI=1S/C16H24N2O3S/c1-4-12-8-13(16(20)21)15(22-12)17-14(19)9-18-10(2)6-5-7-11(18)3/h8,10-11H,4-7,9H2,1-3H3,(H,17,19)(H,20,21). The fourth-order valence-corrected chi connectivity index (χ4v) is 3.99. The molecule has 5 nitrogen and oxygen atoms in total. The van der Waals surface area contributed by atoms with E-state index in [4.69, 9.17) is 0 Å². The van der Waals surface area contributed by atoms with Crippen LogP contribution in [0.3, 0.4) is 0 Å². The summed E-state index contributed by atoms with van der Waals surface area (Å²) in [5, 5.41) is 12.5. The number of aromatic carboxylic acids is 1. The van der Waals surface area contributed by atoms with Gasteiger partial charge in [0.05, 0.1) is 12.1 Å². The van der Waals surface area contributed by atoms with Gasteiger partial charge in [-0.2, -0.15) is 0 Å². The number of carbonyl (C=O) groups is 2. The SMILES string of the molecule is CCc1cc(C(=O)O)c(NC(=O)CN2C(C)CCCC2C)s1. The summed E-state index contributed by atoms with van der Waals surface area (Å²) < 4.78 is 0. The lowest BCUT2D eigenvalue weighted by molar-refractivity contribution is -0.118. The van der Waals surface area contributed by atoms with Crippen LogP contribution in [0.15, 0.2) is 6.07 Å². The summed E-state index contributed by atoms with van der Waals surface area (Å²) in [6.07, 6.45) is 4.18. The average Bonchev–Trinajstić information content (AvgIpc) is 2.86. The first-order chi connectivity index (χ1) is 10.4. The fraction of sp³-hybridized carbons (Fsp3) is 0.625. The van der Waals surface area contributed by atoms with E-state index in [1.165, 1.54) is 17.8 Å². The molecule has 0 spiro atoms. The van der Waals surface area contributed by atoms with Crippen molar-refractivity contribution >= 4 is 28.2 Å². The van der Waals surface area contributed by atoms with Gasteiger partial charge in [-0.25, -0.2) is 4.79 Å². The van der Waals surface area contributed by atoms with Crippen LogP contribution in [0.4, 0.5) is 5.00 Å². The molecule has 1 fully saturated rings. The molecule has 1 aliphatic rings. The molecule has 122 valence electrons. The van der Waals surface area contributed by atoms with Crippen molar-refractivity contribution in [3.8, 4) is 0 Å². The van der Waals surface area contributed by atoms with Crippen molar-refractivity contribution in [1.29, 1.82) is 0 Å². The van der Waals surface area contributed by atoms with Gasteiger partial charge in [-0.3, -0.25) is 9.69 Å². The van der Waals surface area contributed by atoms with E-state index in [-0.39, 0.29) is 11.5 Å². The van der Waals surface area contributed by atoms with Crippen molar-refractivity contribution in [1.82, 2.24) is 4.90 Å². The molecule has 2 rings (SSSR count). The second kappa shape index (κ2) is 7.24. The molecule has 2 N–H and O–H groups in total. The third-order valence-corrected chi connectivity index (χ3v) is 5.51. The lowest BCUT2D eigenvalue weighted by Crippen LogP contribution is -2.47. The minimum Gasteiger partial charge on any atom is -0.478 e. The molecule has 22 heavy (non-hydrogen) atoms. The molecule has 2 atom stereocenters. The lowest BCUT2D eigenvalue weighted by atomic mass is 9.97. The number of nitrogens with zero attached hydrogens (tertiary/aromatic N) is 1. The number of piperidine rings is 1. The third-order valence-electron chi connectivity index (χ3n) is 4.32. The number of carboxylic acid groups (broad SMARTS) is 1. The van der Waals surface area contributed by atoms with E-state index < -0.39 is 5.97 Å². The molecule has 0 radical (unpaired) electrons. The Morgan fingerprint density at radius 1 is 1.36 bits per heavy atom. The zero-order chi connectivity index (χ0) is 16.3. The van der Waals surface area contributed by atoms with Crippen molar-refractivity contribution in [2.24, 2.45) is 0 Å². The highest BCUT2D eigenvalue weighted by molar-refractivity contribution is 7.16. The Morgan fingerprint density at radius 2 is 2.00 bits per heavy atom. The van der Waals surface area contributed by atoms with Gasteiger partial charge in [0.1, 0.15) is 5.00 Å². The Labute approximate surface area is 135 Å². The number of carboxylic acids is 1. The first kappa shape index (κ1) is 17.0. The molecule has 0 aromatic carbocycles. The highest BCUT2D eigenvalue weighted by Crippen LogP contribution is 2.29. The Hall–Kier alpha value is -1.40. The van der Waals surface area contributed by atoms with E-state index in [1.54, 1.807) is 6.07 Å². The van der Waals surface area contributed by atoms with E-state index in [0.717, 1.165) is 24.1 Å². The number of thiophene rings is 1. The van der Waals surface area contributed by atoms with Gasteiger partial charge in [-0.15, -0.1) is 11.3 Å². The maximum atomic E-state index is 12.3. The van der Waals surface area contributed by atoms with E-state index in [9.17, 15) is 14.7 Å². The smallest absolute Gasteiger partial charge is 0.338 e. The summed E-state index contributed by atoms with van der Waals surface area (Å²) in [5.41, 5.74) is 0.190. The van der Waals surface area contributed by atoms with E-state index in [1.807, 2.05) is 6.92 Å². The monoisotopic (exact) mass is 324 g/mol. The van der Waals surface area contributed by atoms with E-state index in [0.29, 0.717) is 23.6 Å². The number of hydrogen-bond acceptors (Lipinski definition) is 4. The minimum atomic E-state index is -0.994. The summed E-state index contributed by atoms with van der Waals surface area (Å²) in [6.45, 7) is 6.58. The summed E-state index contributed by atoms with van der Waals surface area (Å²) >= 11 is 1.35. The molecule has 6 heteroatoms. The summed E-state index contributed by atoms with van der Waals surface area (Å²) in [6, 6.07) is 2.43. The second-order valence-corrected chi connectivity index (χ2v) is 7.10. The fourth-order valence-electron chi connectivity index (χ4n) is 2.99. The topological polar surface area (TPSA) is 69.6 Å². The second-order valence-electron chi connectivity index (χ2n) is 5.96. The van der Waals surface area contributed by atoms with Crippen molar-refractivity contribution in [3.63, 3.8) is 0 Å². The highest BCUT2D eigenvalue weighted by Gasteiger charge is 2.27. The Bertz CT molecular complexity index is 546. The number of anilines is 1. The van der Waals surface area contributed by atoms with Crippen LogP contribution in [0.5, 0.6) is 0 Å². The molecule has 2 unspecified atom stereocenters. The summed E-state index contributed by atoms with van der Waals surface area (Å²) in [4.78, 5) is 26.7. The zero-order valence-electron chi connectivity index (χ0n) is 13.4. The molecule has 0 saturated carbocycles. The molecule has 1 aromatic rings. The van der Waals surface area contributed by atoms with Gasteiger partial charge >= 0.3 is 5.97 Å². The average molecular weight is 324 g/mol. The number of aryl methyl sites for hydroxylation is 1. The van der Waals surface area contributed by atoms with Crippen LogP contribution in [0.2, 0.25) is 0 Å². The van der Waals surface area contributed by atoms with Crippen molar-refractivity contribution < 1.29 is 14.7 Å². The van der Waals surface area contributed by atoms with Crippen LogP contribution in [-0.2, 0) is 11.2 Å². The molecule has 1 aliphatic heterocycles. The Balaban J connectivity index is 2.05. The van der Waals surface area contributed by atoms with Crippen molar-refractivity contribution in [2.75, 3.05) is 11.9 Å². The lowest BCUT2D eigenvalue weighted by Gasteiger charge is -2.38. The van der Waals surface area contributed by atoms with E-state index in [2.05, 4.69) is 24.1 Å². The van der Waals surface area contributed by atoms with Gasteiger partial charge in [0.25, 0.3) is 0 Å². The van der Waals surface area contributed by atoms with Crippen molar-refractivity contribution in [2.45, 2.75) is 58.5 Å². The first-order valence-electron chi connectivity index (χ1n) is 7.84. The molecule has 0 bridgehead atoms. The first-order valence-corrected chi connectivity index (χ1v) is 8.65. The summed E-state index contributed by atoms with van der Waals surface area (Å²) in [7, 11) is 0. The predicted molar refractivity (Wildman–Crippen MR) is 88.8 cm³/mol. The van der Waals surface area contributed by atoms with Crippen molar-refractivity contribution in [3.05, 3.63) is 16.5 Å². The predicted octanol–water partition coefficient (Wildman–Crippen LogP) is 3.21. The molecule has 1 aromatic heterocycles. The van der Waals surface area contributed by atoms with Gasteiger partial charge in [0.2, 0.25) is 5.91 Å². The summed E-state index contributed by atoms with van der Waals surface area (Å²) in [5.74, 6) is -1.13. The van der Waals surface area contributed by atoms with Crippen LogP contribution in [0, 0.1) is 0 Å². The molecule has 2 heterocycles. The molecule has 1 saturated heterocycles. The Morgan fingerprint density at radius 3 is 2.55 bits per heavy atom. The minimum absolute atomic E-state index is 0.132. The van der Waals surface area contributed by atoms with Crippen LogP contribution in [-0.4, -0.2) is 40.5 Å². The van der Waals surface area contributed by atoms with Crippen LogP contribution < -0.4 is 5.32 Å². The number of likely N-dealkylation sites (tertiary alicyclic amines) is 1. The van der Waals surface area contributed by atoms with Crippen LogP contribution in [0.1, 0.15) is 55.3 Å². The third kappa shape index (κ3) is 3.87. The number of hydrogen-bond donors (Lipinski definition) is 2. The van der Waals surface area contributed by atoms with Gasteiger partial charge < -0.3 is 10.4 Å². The number of amides is 1. The molecule has 1 amide bonds. The molecular formula is C16H24N2O3S. The molecular weight excluding hydrogens is 300 g/mol. The highest BCUT2D eigenvalue weighted by atomic mass is 32.1.